The highest BCUT2D eigenvalue weighted by molar-refractivity contribution is 5.69. The number of carbonyl (C=O) groups excluding carboxylic acids is 1. The summed E-state index contributed by atoms with van der Waals surface area (Å²) >= 11 is 0. The van der Waals surface area contributed by atoms with Crippen LogP contribution in [0.5, 0.6) is 0 Å². The van der Waals surface area contributed by atoms with Gasteiger partial charge in [0.15, 0.2) is 44.0 Å². The van der Waals surface area contributed by atoms with Crippen LogP contribution in [-0.2, 0) is 71.1 Å². The molecule has 0 aromatic rings. The number of carbonyl (C=O) groups is 1. The molecule has 7 heterocycles. The molecule has 40 heteroatoms. The van der Waals surface area contributed by atoms with Gasteiger partial charge >= 0.3 is 5.97 Å². The first-order valence-corrected chi connectivity index (χ1v) is 30.5. The van der Waals surface area contributed by atoms with Crippen LogP contribution in [0.2, 0.25) is 0 Å². The van der Waals surface area contributed by atoms with Crippen molar-refractivity contribution in [3.63, 3.8) is 0 Å². The Morgan fingerprint density at radius 1 is 0.404 bits per heavy atom. The third kappa shape index (κ3) is 16.5. The molecule has 40 nitrogen and oxygen atoms in total. The van der Waals surface area contributed by atoms with Gasteiger partial charge in [0.2, 0.25) is 0 Å². The van der Waals surface area contributed by atoms with Crippen molar-refractivity contribution in [3.8, 4) is 0 Å². The number of aliphatic hydroxyl groups excluding tert-OH is 24. The second-order valence-corrected chi connectivity index (χ2v) is 24.7. The lowest BCUT2D eigenvalue weighted by Gasteiger charge is -2.50. The fourth-order valence-corrected chi connectivity index (χ4v) is 12.3. The largest absolute Gasteiger partial charge is 0.463 e. The number of ether oxygens (including phenoxy) is 14. The minimum absolute atomic E-state index is 0.132. The van der Waals surface area contributed by atoms with Crippen molar-refractivity contribution in [3.05, 3.63) is 11.6 Å². The van der Waals surface area contributed by atoms with Gasteiger partial charge in [-0.05, 0) is 18.4 Å². The van der Waals surface area contributed by atoms with E-state index in [-0.39, 0.29) is 17.9 Å². The van der Waals surface area contributed by atoms with Gasteiger partial charge in [-0.3, -0.25) is 4.79 Å². The maximum absolute atomic E-state index is 12.9. The van der Waals surface area contributed by atoms with Crippen molar-refractivity contribution >= 4 is 5.97 Å². The lowest BCUT2D eigenvalue weighted by atomic mass is 9.86. The van der Waals surface area contributed by atoms with Crippen LogP contribution in [0.15, 0.2) is 11.6 Å². The van der Waals surface area contributed by atoms with Gasteiger partial charge < -0.3 is 194 Å². The molecule has 94 heavy (non-hydrogen) atoms. The Morgan fingerprint density at radius 2 is 0.755 bits per heavy atom. The number of hydrogen-bond donors (Lipinski definition) is 25. The molecule has 7 fully saturated rings. The number of nitrogens with one attached hydrogen (secondary N) is 1. The number of rotatable bonds is 24. The predicted molar refractivity (Wildman–Crippen MR) is 292 cm³/mol. The van der Waals surface area contributed by atoms with Crippen LogP contribution in [-0.4, -0.2) is 414 Å². The Labute approximate surface area is 534 Å². The monoisotopic (exact) mass is 1380 g/mol. The van der Waals surface area contributed by atoms with Crippen LogP contribution in [0.1, 0.15) is 27.2 Å². The molecule has 0 amide bonds. The van der Waals surface area contributed by atoms with E-state index in [2.05, 4.69) is 5.32 Å². The van der Waals surface area contributed by atoms with Gasteiger partial charge in [-0.25, -0.2) is 0 Å². The molecule has 1 aliphatic carbocycles. The Morgan fingerprint density at radius 3 is 1.17 bits per heavy atom. The van der Waals surface area contributed by atoms with E-state index in [0.717, 1.165) is 6.08 Å². The number of aliphatic hydroxyl groups is 24. The summed E-state index contributed by atoms with van der Waals surface area (Å²) in [5.41, 5.74) is -0.187. The fourth-order valence-electron chi connectivity index (χ4n) is 12.3. The van der Waals surface area contributed by atoms with E-state index in [1.807, 2.05) is 0 Å². The van der Waals surface area contributed by atoms with E-state index in [4.69, 9.17) is 66.3 Å². The molecular weight excluding hydrogens is 1290 g/mol. The highest BCUT2D eigenvalue weighted by Crippen LogP contribution is 2.38. The van der Waals surface area contributed by atoms with Crippen molar-refractivity contribution in [2.75, 3.05) is 46.2 Å². The molecule has 0 aromatic carbocycles. The summed E-state index contributed by atoms with van der Waals surface area (Å²) < 4.78 is 79.1. The zero-order valence-corrected chi connectivity index (χ0v) is 50.7. The second-order valence-electron chi connectivity index (χ2n) is 24.7. The van der Waals surface area contributed by atoms with E-state index in [1.54, 1.807) is 13.8 Å². The molecule has 7 saturated heterocycles. The first-order chi connectivity index (χ1) is 44.4. The van der Waals surface area contributed by atoms with Crippen LogP contribution < -0.4 is 5.32 Å². The summed E-state index contributed by atoms with van der Waals surface area (Å²) in [4.78, 5) is 12.9. The standard InChI is InChI=1S/C54H91NO39/c1-13(2)4-23(62)81-12-22-47(34(72)41(79)54(88-22)93-46-21(11-61)87-53(40(78)33(46)71)92-45-20(10-60)86-52(39(77)32(45)70)90-43-18(8-58)83-48(80)35(73)30(43)68)94-49-36(74)27(65)24(14(3)82-49)55-16-5-15(6-56)42(29(67)25(16)63)89-51-38(76)31(69)44(19(9-59)85-51)91-50-37(75)28(66)26(64)17(7-57)84-50/h5,13-14,16-22,24-61,63-80H,4,6-12H2,1-3H3/t14?,16?,17?,18?,19?,20?,21?,22?,24-,25?,26+,27?,28?,29?,30?,31?,32?,33?,34?,35?,36?,37?,38?,39?,40?,41?,42-,43-,44-,45-,46-,47-,48?,49?,50-,51-,52?,53?,54-/m0/s1. The van der Waals surface area contributed by atoms with Gasteiger partial charge in [-0.15, -0.1) is 0 Å². The summed E-state index contributed by atoms with van der Waals surface area (Å²) in [5.74, 6) is -1.02. The first-order valence-electron chi connectivity index (χ1n) is 30.5. The van der Waals surface area contributed by atoms with Crippen LogP contribution in [0.25, 0.3) is 0 Å². The van der Waals surface area contributed by atoms with Gasteiger partial charge in [-0.2, -0.15) is 0 Å². The molecule has 0 saturated carbocycles. The van der Waals surface area contributed by atoms with Crippen molar-refractivity contribution in [1.29, 1.82) is 0 Å². The van der Waals surface area contributed by atoms with Gasteiger partial charge in [0.25, 0.3) is 0 Å². The van der Waals surface area contributed by atoms with Gasteiger partial charge in [0.05, 0.1) is 57.8 Å². The van der Waals surface area contributed by atoms with Gasteiger partial charge in [0, 0.05) is 6.42 Å². The van der Waals surface area contributed by atoms with Crippen molar-refractivity contribution in [2.24, 2.45) is 5.92 Å². The molecule has 0 bridgehead atoms. The van der Waals surface area contributed by atoms with Crippen molar-refractivity contribution in [2.45, 2.75) is 266 Å². The SMILES string of the molecule is CC(C)CC(=O)OCC1O[C@@H](O[C@H]2C(CO)OC(O[C@H]3C(CO)OC(O[C@H]4C(CO)OC(O)C(O)C4O)C(O)C3O)C(O)C2O)C(O)C(O)[C@H]1OC1OC(C)[C@H](NC2C=C(CO)[C@H](O[C@@H]3OC(CO)[C@H](O[C@@H]4OC(CO)[C@@H](O)C(O)C4O)C(O)C3O)C(O)C2O)C(O)C1O. The average Bonchev–Trinajstić information content (AvgIpc) is 0.783. The van der Waals surface area contributed by atoms with Crippen LogP contribution in [0.3, 0.4) is 0 Å². The minimum atomic E-state index is -2.23. The molecule has 8 aliphatic rings. The Hall–Kier alpha value is -2.31. The Bertz CT molecular complexity index is 2370. The minimum Gasteiger partial charge on any atom is -0.463 e. The molecule has 39 atom stereocenters. The van der Waals surface area contributed by atoms with E-state index in [1.165, 1.54) is 6.92 Å². The van der Waals surface area contributed by atoms with Crippen LogP contribution >= 0.6 is 0 Å². The van der Waals surface area contributed by atoms with Gasteiger partial charge in [-0.1, -0.05) is 19.9 Å². The highest BCUT2D eigenvalue weighted by atomic mass is 16.8. The summed E-state index contributed by atoms with van der Waals surface area (Å²) in [7, 11) is 0. The predicted octanol–water partition coefficient (Wildman–Crippen LogP) is -15.7. The normalized spacial score (nSPS) is 50.5. The fraction of sp³-hybridized carbons (Fsp3) is 0.944. The van der Waals surface area contributed by atoms with E-state index < -0.39 is 291 Å². The Balaban J connectivity index is 0.900. The second kappa shape index (κ2) is 33.4. The maximum Gasteiger partial charge on any atom is 0.306 e. The lowest BCUT2D eigenvalue weighted by molar-refractivity contribution is -0.391. The zero-order valence-electron chi connectivity index (χ0n) is 50.7. The molecule has 546 valence electrons. The van der Waals surface area contributed by atoms with Crippen LogP contribution in [0, 0.1) is 5.92 Å². The summed E-state index contributed by atoms with van der Waals surface area (Å²) in [6, 6.07) is -2.81. The number of hydrogen-bond acceptors (Lipinski definition) is 40. The van der Waals surface area contributed by atoms with E-state index >= 15 is 0 Å². The Kier molecular flexibility index (Phi) is 27.5. The molecule has 28 unspecified atom stereocenters. The topological polar surface area (TPSA) is 644 Å². The van der Waals surface area contributed by atoms with Crippen molar-refractivity contribution < 1.29 is 194 Å². The van der Waals surface area contributed by atoms with E-state index in [0.29, 0.717) is 0 Å². The molecule has 0 spiro atoms. The van der Waals surface area contributed by atoms with Crippen LogP contribution in [0.4, 0.5) is 0 Å². The summed E-state index contributed by atoms with van der Waals surface area (Å²) in [6.07, 6.45) is -69.1. The molecule has 8 rings (SSSR count). The van der Waals surface area contributed by atoms with Gasteiger partial charge in [0.1, 0.15) is 184 Å². The smallest absolute Gasteiger partial charge is 0.306 e. The molecule has 0 aromatic heterocycles. The maximum atomic E-state index is 12.9. The van der Waals surface area contributed by atoms with Crippen molar-refractivity contribution in [1.82, 2.24) is 5.32 Å². The summed E-state index contributed by atoms with van der Waals surface area (Å²) in [6.45, 7) is -1.68. The average molecular weight is 1380 g/mol. The molecule has 7 aliphatic heterocycles. The zero-order chi connectivity index (χ0) is 69.2. The molecule has 25 N–H and O–H groups in total. The summed E-state index contributed by atoms with van der Waals surface area (Å²) in [5, 5.41) is 262. The highest BCUT2D eigenvalue weighted by Gasteiger charge is 2.58. The third-order valence-corrected chi connectivity index (χ3v) is 17.7. The first kappa shape index (κ1) is 77.4. The third-order valence-electron chi connectivity index (χ3n) is 17.7. The number of esters is 1. The molecule has 0 radical (unpaired) electrons. The molecular formula is C54H91NO39. The van der Waals surface area contributed by atoms with E-state index in [9.17, 15) is 127 Å². The lowest BCUT2D eigenvalue weighted by Crippen LogP contribution is -2.69. The quantitative estimate of drug-likeness (QED) is 0.0315.